The van der Waals surface area contributed by atoms with Crippen molar-refractivity contribution in [2.75, 3.05) is 46.6 Å². The maximum atomic E-state index is 5.69. The minimum atomic E-state index is 0. The van der Waals surface area contributed by atoms with Crippen LogP contribution in [-0.4, -0.2) is 58.6 Å². The molecular formula is C21H36IN3O3. The molecule has 1 saturated heterocycles. The van der Waals surface area contributed by atoms with Crippen molar-refractivity contribution in [3.63, 3.8) is 0 Å². The minimum Gasteiger partial charge on any atom is -0.494 e. The lowest BCUT2D eigenvalue weighted by molar-refractivity contribution is 0.0168. The number of hydrogen-bond donors (Lipinski definition) is 2. The summed E-state index contributed by atoms with van der Waals surface area (Å²) in [5.74, 6) is 1.77. The normalized spacial score (nSPS) is 16.5. The molecular weight excluding hydrogens is 469 g/mol. The highest BCUT2D eigenvalue weighted by molar-refractivity contribution is 14.0. The molecule has 0 amide bonds. The summed E-state index contributed by atoms with van der Waals surface area (Å²) in [6.45, 7) is 6.88. The second-order valence-electron chi connectivity index (χ2n) is 6.74. The third kappa shape index (κ3) is 10.5. The molecule has 1 atom stereocenters. The van der Waals surface area contributed by atoms with Gasteiger partial charge in [0.25, 0.3) is 0 Å². The Morgan fingerprint density at radius 2 is 2.11 bits per heavy atom. The Labute approximate surface area is 186 Å². The van der Waals surface area contributed by atoms with Gasteiger partial charge in [0.2, 0.25) is 0 Å². The molecule has 7 heteroatoms. The Morgan fingerprint density at radius 3 is 2.86 bits per heavy atom. The van der Waals surface area contributed by atoms with E-state index in [9.17, 15) is 0 Å². The van der Waals surface area contributed by atoms with Crippen LogP contribution in [0.3, 0.4) is 0 Å². The van der Waals surface area contributed by atoms with Gasteiger partial charge < -0.3 is 24.8 Å². The first-order valence-electron chi connectivity index (χ1n) is 10.2. The van der Waals surface area contributed by atoms with Crippen LogP contribution in [0.5, 0.6) is 5.75 Å². The lowest BCUT2D eigenvalue weighted by Gasteiger charge is -2.13. The third-order valence-corrected chi connectivity index (χ3v) is 4.39. The van der Waals surface area contributed by atoms with E-state index in [4.69, 9.17) is 14.2 Å². The quantitative estimate of drug-likeness (QED) is 0.197. The largest absolute Gasteiger partial charge is 0.494 e. The van der Waals surface area contributed by atoms with Gasteiger partial charge in [-0.25, -0.2) is 0 Å². The van der Waals surface area contributed by atoms with Gasteiger partial charge in [-0.3, -0.25) is 4.99 Å². The molecule has 1 aromatic carbocycles. The van der Waals surface area contributed by atoms with Gasteiger partial charge in [-0.2, -0.15) is 0 Å². The lowest BCUT2D eigenvalue weighted by Crippen LogP contribution is -2.39. The van der Waals surface area contributed by atoms with Crippen LogP contribution < -0.4 is 15.4 Å². The van der Waals surface area contributed by atoms with Crippen molar-refractivity contribution in [1.82, 2.24) is 10.6 Å². The first kappa shape index (κ1) is 25.0. The maximum Gasteiger partial charge on any atom is 0.190 e. The maximum absolute atomic E-state index is 5.69. The van der Waals surface area contributed by atoms with Crippen LogP contribution in [0, 0.1) is 0 Å². The molecule has 0 bridgehead atoms. The first-order chi connectivity index (χ1) is 13.3. The van der Waals surface area contributed by atoms with Crippen molar-refractivity contribution >= 4 is 29.9 Å². The van der Waals surface area contributed by atoms with Gasteiger partial charge in [-0.05, 0) is 49.8 Å². The lowest BCUT2D eigenvalue weighted by atomic mass is 10.1. The van der Waals surface area contributed by atoms with E-state index in [1.165, 1.54) is 5.56 Å². The predicted octanol–water partition coefficient (Wildman–Crippen LogP) is 3.39. The molecule has 160 valence electrons. The molecule has 1 aliphatic rings. The fourth-order valence-corrected chi connectivity index (χ4v) is 2.93. The molecule has 6 nitrogen and oxygen atoms in total. The summed E-state index contributed by atoms with van der Waals surface area (Å²) < 4.78 is 16.9. The molecule has 1 heterocycles. The zero-order valence-electron chi connectivity index (χ0n) is 17.2. The number of guanidine groups is 1. The summed E-state index contributed by atoms with van der Waals surface area (Å²) in [6, 6.07) is 8.29. The second-order valence-corrected chi connectivity index (χ2v) is 6.74. The number of rotatable bonds is 12. The van der Waals surface area contributed by atoms with Gasteiger partial charge in [-0.15, -0.1) is 24.0 Å². The minimum absolute atomic E-state index is 0. The molecule has 0 spiro atoms. The van der Waals surface area contributed by atoms with Crippen LogP contribution in [0.15, 0.2) is 29.3 Å². The van der Waals surface area contributed by atoms with Crippen molar-refractivity contribution in [2.45, 2.75) is 45.1 Å². The number of nitrogens with zero attached hydrogens (tertiary/aromatic N) is 1. The topological polar surface area (TPSA) is 64.1 Å². The zero-order valence-corrected chi connectivity index (χ0v) is 19.6. The van der Waals surface area contributed by atoms with E-state index in [1.54, 1.807) is 7.05 Å². The molecule has 1 unspecified atom stereocenters. The highest BCUT2D eigenvalue weighted by Crippen LogP contribution is 2.14. The summed E-state index contributed by atoms with van der Waals surface area (Å²) in [5, 5.41) is 6.68. The van der Waals surface area contributed by atoms with Crippen LogP contribution in [0.1, 0.15) is 38.2 Å². The first-order valence-corrected chi connectivity index (χ1v) is 10.2. The van der Waals surface area contributed by atoms with Crippen molar-refractivity contribution in [3.05, 3.63) is 29.8 Å². The van der Waals surface area contributed by atoms with Gasteiger partial charge in [-0.1, -0.05) is 19.1 Å². The number of nitrogens with one attached hydrogen (secondary N) is 2. The highest BCUT2D eigenvalue weighted by Gasteiger charge is 2.14. The van der Waals surface area contributed by atoms with Crippen LogP contribution in [-0.2, 0) is 15.9 Å². The smallest absolute Gasteiger partial charge is 0.190 e. The van der Waals surface area contributed by atoms with Crippen molar-refractivity contribution < 1.29 is 14.2 Å². The molecule has 0 aliphatic carbocycles. The van der Waals surface area contributed by atoms with E-state index in [0.717, 1.165) is 76.7 Å². The van der Waals surface area contributed by atoms with Crippen LogP contribution in [0.4, 0.5) is 0 Å². The van der Waals surface area contributed by atoms with Gasteiger partial charge in [0.1, 0.15) is 5.75 Å². The Kier molecular flexibility index (Phi) is 14.1. The molecule has 1 aliphatic heterocycles. The SMILES string of the molecule is CCCOc1cccc(CCNC(=NC)NCCCOCC2CCCO2)c1.I. The number of benzene rings is 1. The average molecular weight is 505 g/mol. The van der Waals surface area contributed by atoms with Gasteiger partial charge in [0.05, 0.1) is 19.3 Å². The predicted molar refractivity (Wildman–Crippen MR) is 125 cm³/mol. The van der Waals surface area contributed by atoms with E-state index in [0.29, 0.717) is 12.7 Å². The molecule has 2 rings (SSSR count). The molecule has 2 N–H and O–H groups in total. The molecule has 0 saturated carbocycles. The number of halogens is 1. The molecule has 28 heavy (non-hydrogen) atoms. The molecule has 1 fully saturated rings. The van der Waals surface area contributed by atoms with E-state index in [1.807, 2.05) is 12.1 Å². The Hall–Kier alpha value is -1.06. The molecule has 0 radical (unpaired) electrons. The van der Waals surface area contributed by atoms with Gasteiger partial charge in [0, 0.05) is 33.4 Å². The fraction of sp³-hybridized carbons (Fsp3) is 0.667. The number of ether oxygens (including phenoxy) is 3. The van der Waals surface area contributed by atoms with Crippen LogP contribution >= 0.6 is 24.0 Å². The second kappa shape index (κ2) is 15.8. The third-order valence-electron chi connectivity index (χ3n) is 4.39. The molecule has 0 aromatic heterocycles. The van der Waals surface area contributed by atoms with E-state index >= 15 is 0 Å². The van der Waals surface area contributed by atoms with Gasteiger partial charge >= 0.3 is 0 Å². The van der Waals surface area contributed by atoms with Crippen molar-refractivity contribution in [2.24, 2.45) is 4.99 Å². The fourth-order valence-electron chi connectivity index (χ4n) is 2.93. The zero-order chi connectivity index (χ0) is 19.2. The Balaban J connectivity index is 0.00000392. The highest BCUT2D eigenvalue weighted by atomic mass is 127. The van der Waals surface area contributed by atoms with E-state index in [-0.39, 0.29) is 24.0 Å². The Morgan fingerprint density at radius 1 is 1.25 bits per heavy atom. The van der Waals surface area contributed by atoms with Crippen LogP contribution in [0.25, 0.3) is 0 Å². The van der Waals surface area contributed by atoms with Crippen LogP contribution in [0.2, 0.25) is 0 Å². The summed E-state index contributed by atoms with van der Waals surface area (Å²) in [6.07, 6.45) is 5.49. The average Bonchev–Trinajstić information content (AvgIpc) is 3.21. The summed E-state index contributed by atoms with van der Waals surface area (Å²) in [4.78, 5) is 4.27. The number of aliphatic imine (C=N–C) groups is 1. The molecule has 1 aromatic rings. The van der Waals surface area contributed by atoms with E-state index in [2.05, 4.69) is 34.7 Å². The summed E-state index contributed by atoms with van der Waals surface area (Å²) >= 11 is 0. The monoisotopic (exact) mass is 505 g/mol. The van der Waals surface area contributed by atoms with Crippen molar-refractivity contribution in [3.8, 4) is 5.75 Å². The summed E-state index contributed by atoms with van der Waals surface area (Å²) in [5.41, 5.74) is 1.26. The number of hydrogen-bond acceptors (Lipinski definition) is 4. The van der Waals surface area contributed by atoms with Gasteiger partial charge in [0.15, 0.2) is 5.96 Å². The van der Waals surface area contributed by atoms with Crippen molar-refractivity contribution in [1.29, 1.82) is 0 Å². The van der Waals surface area contributed by atoms with E-state index < -0.39 is 0 Å². The Bertz CT molecular complexity index is 551. The summed E-state index contributed by atoms with van der Waals surface area (Å²) in [7, 11) is 1.79. The standard InChI is InChI=1S/C21H35N3O3.HI/c1-3-13-26-19-8-4-7-18(16-19)10-12-24-21(22-2)23-11-6-14-25-17-20-9-5-15-27-20;/h4,7-8,16,20H,3,5-6,9-15,17H2,1-2H3,(H2,22,23,24);1H.